The normalized spacial score (nSPS) is 11.9. The molecule has 2 N–H and O–H groups in total. The lowest BCUT2D eigenvalue weighted by atomic mass is 10.1. The lowest BCUT2D eigenvalue weighted by Gasteiger charge is -2.26. The van der Waals surface area contributed by atoms with E-state index in [1.807, 2.05) is 0 Å². The van der Waals surface area contributed by atoms with Gasteiger partial charge < -0.3 is 10.5 Å². The minimum absolute atomic E-state index is 0.135. The van der Waals surface area contributed by atoms with E-state index in [4.69, 9.17) is 33.7 Å². The van der Waals surface area contributed by atoms with Crippen molar-refractivity contribution in [2.75, 3.05) is 10.8 Å². The molecule has 0 fully saturated rings. The van der Waals surface area contributed by atoms with Gasteiger partial charge in [0.25, 0.3) is 10.0 Å². The Bertz CT molecular complexity index is 1330. The average molecular weight is 509 g/mol. The highest BCUT2D eigenvalue weighted by atomic mass is 35.5. The molecular formula is C23H22Cl2N2O5S. The molecule has 0 aliphatic heterocycles. The number of primary amides is 1. The second-order valence-electron chi connectivity index (χ2n) is 8.31. The number of carbonyl (C=O) groups is 2. The van der Waals surface area contributed by atoms with Gasteiger partial charge in [-0.2, -0.15) is 0 Å². The summed E-state index contributed by atoms with van der Waals surface area (Å²) in [6, 6.07) is 13.5. The summed E-state index contributed by atoms with van der Waals surface area (Å²) >= 11 is 12.0. The van der Waals surface area contributed by atoms with E-state index in [1.54, 1.807) is 45.0 Å². The fourth-order valence-corrected chi connectivity index (χ4v) is 5.28. The second-order valence-corrected chi connectivity index (χ2v) is 11.0. The van der Waals surface area contributed by atoms with Crippen LogP contribution in [0.15, 0.2) is 59.5 Å². The van der Waals surface area contributed by atoms with E-state index in [9.17, 15) is 18.0 Å². The van der Waals surface area contributed by atoms with Crippen LogP contribution in [0.5, 0.6) is 0 Å². The Morgan fingerprint density at radius 1 is 0.939 bits per heavy atom. The van der Waals surface area contributed by atoms with Gasteiger partial charge >= 0.3 is 5.97 Å². The number of sulfonamides is 1. The van der Waals surface area contributed by atoms with Gasteiger partial charge in [0.15, 0.2) is 0 Å². The molecule has 3 rings (SSSR count). The molecule has 0 aliphatic carbocycles. The molecule has 10 heteroatoms. The third-order valence-corrected chi connectivity index (χ3v) is 6.70. The Balaban J connectivity index is 2.12. The van der Waals surface area contributed by atoms with E-state index in [2.05, 4.69) is 0 Å². The molecule has 0 spiro atoms. The monoisotopic (exact) mass is 508 g/mol. The number of rotatable bonds is 6. The summed E-state index contributed by atoms with van der Waals surface area (Å²) in [5.74, 6) is -1.31. The summed E-state index contributed by atoms with van der Waals surface area (Å²) in [6.07, 6.45) is 0. The Morgan fingerprint density at radius 3 is 2.09 bits per heavy atom. The van der Waals surface area contributed by atoms with Crippen LogP contribution in [-0.4, -0.2) is 32.4 Å². The number of ether oxygens (including phenoxy) is 1. The third-order valence-electron chi connectivity index (χ3n) is 4.51. The molecule has 0 unspecified atom stereocenters. The van der Waals surface area contributed by atoms with Crippen molar-refractivity contribution in [1.29, 1.82) is 0 Å². The zero-order valence-corrected chi connectivity index (χ0v) is 20.5. The Morgan fingerprint density at radius 2 is 1.52 bits per heavy atom. The van der Waals surface area contributed by atoms with E-state index in [-0.39, 0.29) is 20.6 Å². The molecule has 3 aromatic carbocycles. The van der Waals surface area contributed by atoms with Crippen molar-refractivity contribution in [3.8, 4) is 0 Å². The first-order chi connectivity index (χ1) is 15.3. The third kappa shape index (κ3) is 5.96. The summed E-state index contributed by atoms with van der Waals surface area (Å²) in [7, 11) is -4.25. The van der Waals surface area contributed by atoms with Crippen molar-refractivity contribution >= 4 is 61.6 Å². The Hall–Kier alpha value is -2.81. The van der Waals surface area contributed by atoms with Crippen molar-refractivity contribution in [3.63, 3.8) is 0 Å². The molecule has 1 amide bonds. The van der Waals surface area contributed by atoms with Crippen LogP contribution < -0.4 is 10.0 Å². The van der Waals surface area contributed by atoms with Gasteiger partial charge in [-0.15, -0.1) is 0 Å². The number of nitrogens with two attached hydrogens (primary N) is 1. The Labute approximate surface area is 202 Å². The highest BCUT2D eigenvalue weighted by molar-refractivity contribution is 7.92. The number of anilines is 1. The van der Waals surface area contributed by atoms with E-state index in [0.717, 1.165) is 4.31 Å². The number of halogens is 2. The van der Waals surface area contributed by atoms with Crippen LogP contribution in [0.1, 0.15) is 31.1 Å². The summed E-state index contributed by atoms with van der Waals surface area (Å²) < 4.78 is 33.4. The summed E-state index contributed by atoms with van der Waals surface area (Å²) in [5.41, 5.74) is 5.07. The molecule has 0 atom stereocenters. The topological polar surface area (TPSA) is 107 Å². The molecule has 33 heavy (non-hydrogen) atoms. The highest BCUT2D eigenvalue weighted by Crippen LogP contribution is 2.30. The van der Waals surface area contributed by atoms with Gasteiger partial charge in [0.1, 0.15) is 12.1 Å². The zero-order chi connectivity index (χ0) is 24.6. The number of nitrogens with zero attached hydrogens (tertiary/aromatic N) is 1. The number of amides is 1. The van der Waals surface area contributed by atoms with Crippen LogP contribution in [0.3, 0.4) is 0 Å². The van der Waals surface area contributed by atoms with Gasteiger partial charge in [-0.3, -0.25) is 13.9 Å². The highest BCUT2D eigenvalue weighted by Gasteiger charge is 2.30. The first-order valence-corrected chi connectivity index (χ1v) is 12.0. The van der Waals surface area contributed by atoms with E-state index < -0.39 is 34.0 Å². The standard InChI is InChI=1S/C23H22Cl2N2O5S/c1-23(2,3)32-21(28)13-27(33(30,31)20-11-17(24)10-18(25)12-20)19-7-6-14-8-16(22(26)29)5-4-15(14)9-19/h4-12H,13H2,1-3H3,(H2,26,29). The van der Waals surface area contributed by atoms with Crippen molar-refractivity contribution < 1.29 is 22.7 Å². The lowest BCUT2D eigenvalue weighted by Crippen LogP contribution is -2.39. The van der Waals surface area contributed by atoms with Crippen LogP contribution in [0, 0.1) is 0 Å². The number of hydrogen-bond donors (Lipinski definition) is 1. The molecular weight excluding hydrogens is 487 g/mol. The molecule has 0 aliphatic rings. The first-order valence-electron chi connectivity index (χ1n) is 9.80. The average Bonchev–Trinajstić information content (AvgIpc) is 2.69. The molecule has 7 nitrogen and oxygen atoms in total. The maximum Gasteiger partial charge on any atom is 0.327 e. The van der Waals surface area contributed by atoms with Crippen LogP contribution in [0.2, 0.25) is 10.0 Å². The molecule has 0 saturated heterocycles. The fraction of sp³-hybridized carbons (Fsp3) is 0.217. The van der Waals surface area contributed by atoms with Crippen LogP contribution in [0.4, 0.5) is 5.69 Å². The van der Waals surface area contributed by atoms with E-state index >= 15 is 0 Å². The molecule has 174 valence electrons. The molecule has 0 bridgehead atoms. The van der Waals surface area contributed by atoms with E-state index in [1.165, 1.54) is 30.3 Å². The maximum absolute atomic E-state index is 13.6. The number of carbonyl (C=O) groups excluding carboxylic acids is 2. The Kier molecular flexibility index (Phi) is 6.93. The van der Waals surface area contributed by atoms with Crippen LogP contribution in [0.25, 0.3) is 10.8 Å². The van der Waals surface area contributed by atoms with Crippen molar-refractivity contribution in [2.45, 2.75) is 31.3 Å². The molecule has 0 heterocycles. The van der Waals surface area contributed by atoms with Gasteiger partial charge in [0, 0.05) is 15.6 Å². The predicted octanol–water partition coefficient (Wildman–Crippen LogP) is 4.78. The number of hydrogen-bond acceptors (Lipinski definition) is 5. The summed E-state index contributed by atoms with van der Waals surface area (Å²) in [5, 5.41) is 1.59. The summed E-state index contributed by atoms with van der Waals surface area (Å²) in [6.45, 7) is 4.49. The SMILES string of the molecule is CC(C)(C)OC(=O)CN(c1ccc2cc(C(N)=O)ccc2c1)S(=O)(=O)c1cc(Cl)cc(Cl)c1. The van der Waals surface area contributed by atoms with Crippen molar-refractivity contribution in [2.24, 2.45) is 5.73 Å². The van der Waals surface area contributed by atoms with Gasteiger partial charge in [-0.1, -0.05) is 35.3 Å². The van der Waals surface area contributed by atoms with Gasteiger partial charge in [0.05, 0.1) is 10.6 Å². The molecule has 0 aromatic heterocycles. The fourth-order valence-electron chi connectivity index (χ4n) is 3.15. The number of benzene rings is 3. The minimum atomic E-state index is -4.25. The molecule has 3 aromatic rings. The smallest absolute Gasteiger partial charge is 0.327 e. The largest absolute Gasteiger partial charge is 0.459 e. The quantitative estimate of drug-likeness (QED) is 0.482. The van der Waals surface area contributed by atoms with Crippen molar-refractivity contribution in [1.82, 2.24) is 0 Å². The second kappa shape index (κ2) is 9.21. The van der Waals surface area contributed by atoms with E-state index in [0.29, 0.717) is 16.3 Å². The molecule has 0 radical (unpaired) electrons. The lowest BCUT2D eigenvalue weighted by molar-refractivity contribution is -0.152. The maximum atomic E-state index is 13.6. The molecule has 0 saturated carbocycles. The van der Waals surface area contributed by atoms with Gasteiger partial charge in [-0.05, 0) is 74.0 Å². The summed E-state index contributed by atoms with van der Waals surface area (Å²) in [4.78, 5) is 23.9. The zero-order valence-electron chi connectivity index (χ0n) is 18.1. The predicted molar refractivity (Wildman–Crippen MR) is 129 cm³/mol. The number of fused-ring (bicyclic) bond motifs is 1. The van der Waals surface area contributed by atoms with Gasteiger partial charge in [0.2, 0.25) is 5.91 Å². The minimum Gasteiger partial charge on any atom is -0.459 e. The van der Waals surface area contributed by atoms with Crippen molar-refractivity contribution in [3.05, 3.63) is 70.2 Å². The van der Waals surface area contributed by atoms with Crippen LogP contribution in [-0.2, 0) is 19.6 Å². The van der Waals surface area contributed by atoms with Gasteiger partial charge in [-0.25, -0.2) is 8.42 Å². The number of esters is 1. The first kappa shape index (κ1) is 24.8. The van der Waals surface area contributed by atoms with Crippen LogP contribution >= 0.6 is 23.2 Å².